The monoisotopic (exact) mass is 196 g/mol. The molecule has 3 nitrogen and oxygen atoms in total. The highest BCUT2D eigenvalue weighted by Crippen LogP contribution is 2.56. The largest absolute Gasteiger partial charge is 0.396 e. The molecule has 0 aromatic rings. The number of aliphatic hydroxyl groups excluding tert-OH is 1. The highest BCUT2D eigenvalue weighted by molar-refractivity contribution is 5.19. The minimum absolute atomic E-state index is 0.0758. The first kappa shape index (κ1) is 8.89. The van der Waals surface area contributed by atoms with E-state index in [1.165, 1.54) is 6.42 Å². The van der Waals surface area contributed by atoms with Crippen molar-refractivity contribution in [2.75, 3.05) is 26.6 Å². The van der Waals surface area contributed by atoms with Crippen molar-refractivity contribution >= 4 is 0 Å². The number of hydrogen-bond donors (Lipinski definition) is 1. The Morgan fingerprint density at radius 3 is 2.79 bits per heavy atom. The molecule has 0 radical (unpaired) electrons. The Morgan fingerprint density at radius 2 is 2.07 bits per heavy atom. The second-order valence-corrected chi connectivity index (χ2v) is 4.73. The van der Waals surface area contributed by atoms with Gasteiger partial charge in [-0.3, -0.25) is 0 Å². The third kappa shape index (κ3) is 0.977. The maximum atomic E-state index is 9.46. The summed E-state index contributed by atoms with van der Waals surface area (Å²) >= 11 is 0. The summed E-state index contributed by atoms with van der Waals surface area (Å²) in [6.45, 7) is 2.19. The molecular weight excluding hydrogens is 180 g/mol. The Morgan fingerprint density at radius 1 is 1.29 bits per heavy atom. The van der Waals surface area contributed by atoms with E-state index in [1.54, 1.807) is 0 Å². The SMILES string of the molecule is OC[C@@H]1[C@@H]2C=C[C@@H](C2)C12COCOC2. The molecule has 2 fully saturated rings. The molecule has 0 aromatic heterocycles. The summed E-state index contributed by atoms with van der Waals surface area (Å²) in [5, 5.41) is 9.46. The van der Waals surface area contributed by atoms with Crippen LogP contribution in [0.15, 0.2) is 12.2 Å². The van der Waals surface area contributed by atoms with Crippen LogP contribution in [0, 0.1) is 23.2 Å². The molecule has 3 atom stereocenters. The Labute approximate surface area is 83.7 Å². The van der Waals surface area contributed by atoms with Gasteiger partial charge in [-0.05, 0) is 24.2 Å². The first-order chi connectivity index (χ1) is 6.87. The lowest BCUT2D eigenvalue weighted by Crippen LogP contribution is -2.47. The second-order valence-electron chi connectivity index (χ2n) is 4.73. The minimum Gasteiger partial charge on any atom is -0.396 e. The van der Waals surface area contributed by atoms with Crippen LogP contribution < -0.4 is 0 Å². The number of ether oxygens (including phenoxy) is 2. The predicted molar refractivity (Wildman–Crippen MR) is 50.5 cm³/mol. The van der Waals surface area contributed by atoms with Gasteiger partial charge in [0.15, 0.2) is 0 Å². The number of aliphatic hydroxyl groups is 1. The van der Waals surface area contributed by atoms with Gasteiger partial charge in [-0.15, -0.1) is 0 Å². The maximum Gasteiger partial charge on any atom is 0.146 e. The summed E-state index contributed by atoms with van der Waals surface area (Å²) in [6.07, 6.45) is 5.72. The minimum atomic E-state index is 0.0758. The van der Waals surface area contributed by atoms with Crippen LogP contribution in [0.2, 0.25) is 0 Å². The Hall–Kier alpha value is -0.380. The zero-order chi connectivity index (χ0) is 9.60. The van der Waals surface area contributed by atoms with Crippen LogP contribution >= 0.6 is 0 Å². The summed E-state index contributed by atoms with van der Waals surface area (Å²) in [5.74, 6) is 1.46. The van der Waals surface area contributed by atoms with Gasteiger partial charge in [-0.25, -0.2) is 0 Å². The lowest BCUT2D eigenvalue weighted by molar-refractivity contribution is -0.190. The Kier molecular flexibility index (Phi) is 1.94. The Bertz CT molecular complexity index is 255. The van der Waals surface area contributed by atoms with Crippen molar-refractivity contribution in [1.82, 2.24) is 0 Å². The lowest BCUT2D eigenvalue weighted by atomic mass is 9.69. The number of hydrogen-bond acceptors (Lipinski definition) is 3. The summed E-state index contributed by atoms with van der Waals surface area (Å²) in [4.78, 5) is 0. The van der Waals surface area contributed by atoms with E-state index < -0.39 is 0 Å². The standard InChI is InChI=1S/C11H16O3/c12-4-10-8-1-2-9(3-8)11(10)5-13-7-14-6-11/h1-2,8-10,12H,3-7H2/t8-,9+,10-/m1/s1. The molecule has 0 amide bonds. The summed E-state index contributed by atoms with van der Waals surface area (Å²) < 4.78 is 10.8. The third-order valence-corrected chi connectivity index (χ3v) is 4.22. The van der Waals surface area contributed by atoms with Crippen LogP contribution in [-0.2, 0) is 9.47 Å². The van der Waals surface area contributed by atoms with Gasteiger partial charge in [0, 0.05) is 12.0 Å². The lowest BCUT2D eigenvalue weighted by Gasteiger charge is -2.43. The van der Waals surface area contributed by atoms with Crippen LogP contribution in [0.25, 0.3) is 0 Å². The van der Waals surface area contributed by atoms with E-state index in [0.717, 1.165) is 13.2 Å². The molecule has 0 aromatic carbocycles. The van der Waals surface area contributed by atoms with Gasteiger partial charge in [0.05, 0.1) is 13.2 Å². The molecule has 14 heavy (non-hydrogen) atoms. The van der Waals surface area contributed by atoms with Crippen LogP contribution in [0.1, 0.15) is 6.42 Å². The van der Waals surface area contributed by atoms with Crippen molar-refractivity contribution in [2.45, 2.75) is 6.42 Å². The van der Waals surface area contributed by atoms with Crippen LogP contribution in [0.3, 0.4) is 0 Å². The van der Waals surface area contributed by atoms with Gasteiger partial charge < -0.3 is 14.6 Å². The van der Waals surface area contributed by atoms with Gasteiger partial charge in [0.2, 0.25) is 0 Å². The van der Waals surface area contributed by atoms with Crippen molar-refractivity contribution in [1.29, 1.82) is 0 Å². The van der Waals surface area contributed by atoms with Crippen LogP contribution in [0.4, 0.5) is 0 Å². The molecule has 1 aliphatic heterocycles. The maximum absolute atomic E-state index is 9.46. The average molecular weight is 196 g/mol. The molecule has 1 N–H and O–H groups in total. The van der Waals surface area contributed by atoms with Gasteiger partial charge in [0.1, 0.15) is 6.79 Å². The van der Waals surface area contributed by atoms with E-state index in [4.69, 9.17) is 9.47 Å². The van der Waals surface area contributed by atoms with Crippen molar-refractivity contribution in [2.24, 2.45) is 23.2 Å². The van der Waals surface area contributed by atoms with Crippen molar-refractivity contribution in [3.05, 3.63) is 12.2 Å². The van der Waals surface area contributed by atoms with E-state index in [2.05, 4.69) is 12.2 Å². The topological polar surface area (TPSA) is 38.7 Å². The van der Waals surface area contributed by atoms with Gasteiger partial charge in [-0.1, -0.05) is 12.2 Å². The molecule has 1 saturated heterocycles. The number of fused-ring (bicyclic) bond motifs is 3. The molecule has 78 valence electrons. The molecule has 3 aliphatic rings. The van der Waals surface area contributed by atoms with E-state index in [9.17, 15) is 5.11 Å². The molecule has 0 unspecified atom stereocenters. The molecule has 1 spiro atoms. The van der Waals surface area contributed by atoms with E-state index >= 15 is 0 Å². The van der Waals surface area contributed by atoms with Crippen molar-refractivity contribution in [3.63, 3.8) is 0 Å². The summed E-state index contributed by atoms with van der Waals surface area (Å²) in [7, 11) is 0. The molecule has 2 bridgehead atoms. The fourth-order valence-electron chi connectivity index (χ4n) is 3.46. The van der Waals surface area contributed by atoms with Crippen LogP contribution in [-0.4, -0.2) is 31.7 Å². The smallest absolute Gasteiger partial charge is 0.146 e. The van der Waals surface area contributed by atoms with Crippen molar-refractivity contribution < 1.29 is 14.6 Å². The summed E-state index contributed by atoms with van der Waals surface area (Å²) in [5.41, 5.74) is 0.0758. The highest BCUT2D eigenvalue weighted by atomic mass is 16.7. The van der Waals surface area contributed by atoms with E-state index in [0.29, 0.717) is 24.5 Å². The molecule has 2 aliphatic carbocycles. The second kappa shape index (κ2) is 3.05. The molecule has 3 rings (SSSR count). The molecular formula is C11H16O3. The zero-order valence-electron chi connectivity index (χ0n) is 8.19. The molecule has 1 saturated carbocycles. The van der Waals surface area contributed by atoms with Crippen LogP contribution in [0.5, 0.6) is 0 Å². The first-order valence-corrected chi connectivity index (χ1v) is 5.31. The number of rotatable bonds is 1. The zero-order valence-corrected chi connectivity index (χ0v) is 8.19. The first-order valence-electron chi connectivity index (χ1n) is 5.31. The molecule has 3 heteroatoms. The van der Waals surface area contributed by atoms with E-state index in [1.807, 2.05) is 0 Å². The summed E-state index contributed by atoms with van der Waals surface area (Å²) in [6, 6.07) is 0. The Balaban J connectivity index is 1.92. The fourth-order valence-corrected chi connectivity index (χ4v) is 3.46. The fraction of sp³-hybridized carbons (Fsp3) is 0.818. The van der Waals surface area contributed by atoms with Gasteiger partial charge in [-0.2, -0.15) is 0 Å². The quantitative estimate of drug-likeness (QED) is 0.630. The van der Waals surface area contributed by atoms with Gasteiger partial charge in [0.25, 0.3) is 0 Å². The van der Waals surface area contributed by atoms with Crippen molar-refractivity contribution in [3.8, 4) is 0 Å². The van der Waals surface area contributed by atoms with Gasteiger partial charge >= 0.3 is 0 Å². The predicted octanol–water partition coefficient (Wildman–Crippen LogP) is 0.791. The average Bonchev–Trinajstić information content (AvgIpc) is 2.78. The number of allylic oxidation sites excluding steroid dienone is 2. The normalized spacial score (nSPS) is 43.6. The van der Waals surface area contributed by atoms with E-state index in [-0.39, 0.29) is 12.0 Å². The molecule has 1 heterocycles. The third-order valence-electron chi connectivity index (χ3n) is 4.22. The highest BCUT2D eigenvalue weighted by Gasteiger charge is 2.56.